The molecule has 3 aromatic carbocycles. The Bertz CT molecular complexity index is 957. The SMILES string of the molecule is Cc1cccc2c1-c1ccccc1C(C)(C)C(C)(C)c1ccccc1-2. The number of fused-ring (bicyclic) bond motifs is 5. The summed E-state index contributed by atoms with van der Waals surface area (Å²) in [7, 11) is 0. The Balaban J connectivity index is 2.25. The van der Waals surface area contributed by atoms with E-state index in [4.69, 9.17) is 0 Å². The van der Waals surface area contributed by atoms with E-state index < -0.39 is 0 Å². The van der Waals surface area contributed by atoms with E-state index in [1.54, 1.807) is 0 Å². The zero-order chi connectivity index (χ0) is 17.8. The maximum atomic E-state index is 2.39. The summed E-state index contributed by atoms with van der Waals surface area (Å²) in [6.07, 6.45) is 0. The van der Waals surface area contributed by atoms with E-state index in [0.717, 1.165) is 0 Å². The van der Waals surface area contributed by atoms with E-state index in [1.165, 1.54) is 38.9 Å². The van der Waals surface area contributed by atoms with Gasteiger partial charge in [0.15, 0.2) is 0 Å². The van der Waals surface area contributed by atoms with Gasteiger partial charge in [-0.2, -0.15) is 0 Å². The Hall–Kier alpha value is -2.34. The van der Waals surface area contributed by atoms with Gasteiger partial charge in [-0.25, -0.2) is 0 Å². The molecule has 25 heavy (non-hydrogen) atoms. The Morgan fingerprint density at radius 3 is 1.64 bits per heavy atom. The Morgan fingerprint density at radius 2 is 1.00 bits per heavy atom. The second-order valence-corrected chi connectivity index (χ2v) is 8.34. The molecule has 0 heterocycles. The molecular weight excluding hydrogens is 300 g/mol. The van der Waals surface area contributed by atoms with Gasteiger partial charge in [0.05, 0.1) is 0 Å². The van der Waals surface area contributed by atoms with Crippen LogP contribution < -0.4 is 0 Å². The topological polar surface area (TPSA) is 0 Å². The van der Waals surface area contributed by atoms with Crippen molar-refractivity contribution in [3.63, 3.8) is 0 Å². The summed E-state index contributed by atoms with van der Waals surface area (Å²) in [6, 6.07) is 24.6. The van der Waals surface area contributed by atoms with Crippen LogP contribution in [0.25, 0.3) is 22.3 Å². The first-order valence-corrected chi connectivity index (χ1v) is 9.15. The van der Waals surface area contributed by atoms with Gasteiger partial charge in [0.2, 0.25) is 0 Å². The van der Waals surface area contributed by atoms with Gasteiger partial charge in [0.1, 0.15) is 0 Å². The van der Waals surface area contributed by atoms with Crippen molar-refractivity contribution < 1.29 is 0 Å². The van der Waals surface area contributed by atoms with E-state index >= 15 is 0 Å². The largest absolute Gasteiger partial charge is 0.0619 e. The first-order valence-electron chi connectivity index (χ1n) is 9.15. The quantitative estimate of drug-likeness (QED) is 0.421. The van der Waals surface area contributed by atoms with Gasteiger partial charge in [-0.15, -0.1) is 0 Å². The maximum Gasteiger partial charge on any atom is -0.000568 e. The van der Waals surface area contributed by atoms with Crippen LogP contribution in [0.3, 0.4) is 0 Å². The predicted molar refractivity (Wildman–Crippen MR) is 108 cm³/mol. The molecule has 0 heteroatoms. The molecule has 0 spiro atoms. The van der Waals surface area contributed by atoms with Crippen molar-refractivity contribution in [1.82, 2.24) is 0 Å². The molecule has 0 aromatic heterocycles. The summed E-state index contributed by atoms with van der Waals surface area (Å²) >= 11 is 0. The molecule has 1 aliphatic rings. The van der Waals surface area contributed by atoms with E-state index in [2.05, 4.69) is 101 Å². The molecule has 0 fully saturated rings. The molecule has 0 unspecified atom stereocenters. The third-order valence-electron chi connectivity index (χ3n) is 6.60. The molecule has 4 rings (SSSR count). The molecule has 0 radical (unpaired) electrons. The van der Waals surface area contributed by atoms with E-state index in [-0.39, 0.29) is 10.8 Å². The van der Waals surface area contributed by atoms with Crippen LogP contribution >= 0.6 is 0 Å². The van der Waals surface area contributed by atoms with E-state index in [1.807, 2.05) is 0 Å². The van der Waals surface area contributed by atoms with Crippen LogP contribution in [0, 0.1) is 6.92 Å². The zero-order valence-corrected chi connectivity index (χ0v) is 15.9. The second-order valence-electron chi connectivity index (χ2n) is 8.34. The van der Waals surface area contributed by atoms with Crippen molar-refractivity contribution in [3.05, 3.63) is 83.4 Å². The van der Waals surface area contributed by atoms with Gasteiger partial charge in [0, 0.05) is 0 Å². The fraction of sp³-hybridized carbons (Fsp3) is 0.280. The smallest absolute Gasteiger partial charge is 0.000568 e. The zero-order valence-electron chi connectivity index (χ0n) is 15.9. The van der Waals surface area contributed by atoms with Crippen LogP contribution in [0.15, 0.2) is 66.7 Å². The third kappa shape index (κ3) is 2.13. The van der Waals surface area contributed by atoms with Crippen molar-refractivity contribution in [2.45, 2.75) is 45.4 Å². The monoisotopic (exact) mass is 326 g/mol. The highest BCUT2D eigenvalue weighted by molar-refractivity contribution is 5.90. The molecule has 0 nitrogen and oxygen atoms in total. The van der Waals surface area contributed by atoms with Gasteiger partial charge in [-0.1, -0.05) is 94.4 Å². The molecule has 1 aliphatic carbocycles. The van der Waals surface area contributed by atoms with Crippen molar-refractivity contribution in [1.29, 1.82) is 0 Å². The summed E-state index contributed by atoms with van der Waals surface area (Å²) in [5.41, 5.74) is 9.72. The average molecular weight is 326 g/mol. The lowest BCUT2D eigenvalue weighted by atomic mass is 9.57. The fourth-order valence-corrected chi connectivity index (χ4v) is 4.43. The highest BCUT2D eigenvalue weighted by Crippen LogP contribution is 2.53. The van der Waals surface area contributed by atoms with Crippen LogP contribution in [0.1, 0.15) is 44.4 Å². The minimum atomic E-state index is 0.0136. The third-order valence-corrected chi connectivity index (χ3v) is 6.60. The van der Waals surface area contributed by atoms with E-state index in [9.17, 15) is 0 Å². The molecule has 0 bridgehead atoms. The van der Waals surface area contributed by atoms with Crippen LogP contribution in [0.4, 0.5) is 0 Å². The Morgan fingerprint density at radius 1 is 0.520 bits per heavy atom. The summed E-state index contributed by atoms with van der Waals surface area (Å²) in [4.78, 5) is 0. The molecule has 0 amide bonds. The number of rotatable bonds is 0. The molecule has 0 aliphatic heterocycles. The standard InChI is InChI=1S/C25H26/c1-17-11-10-14-19-18-12-6-8-15-21(18)24(2,3)25(4,5)22-16-9-7-13-20(22)23(17)19/h6-16H,1-5H3. The number of benzene rings is 3. The average Bonchev–Trinajstić information content (AvgIpc) is 2.60. The van der Waals surface area contributed by atoms with Gasteiger partial charge in [-0.3, -0.25) is 0 Å². The predicted octanol–water partition coefficient (Wildman–Crippen LogP) is 6.90. The maximum absolute atomic E-state index is 2.39. The van der Waals surface area contributed by atoms with E-state index in [0.29, 0.717) is 0 Å². The molecule has 0 saturated carbocycles. The Labute approximate surface area is 151 Å². The first-order chi connectivity index (χ1) is 11.9. The molecule has 126 valence electrons. The number of hydrogen-bond donors (Lipinski definition) is 0. The number of aryl methyl sites for hydroxylation is 1. The van der Waals surface area contributed by atoms with Gasteiger partial charge in [-0.05, 0) is 56.7 Å². The lowest BCUT2D eigenvalue weighted by molar-refractivity contribution is 0.304. The normalized spacial score (nSPS) is 16.8. The minimum Gasteiger partial charge on any atom is -0.0619 e. The van der Waals surface area contributed by atoms with Crippen LogP contribution in [-0.2, 0) is 10.8 Å². The Kier molecular flexibility index (Phi) is 3.44. The summed E-state index contributed by atoms with van der Waals surface area (Å²) < 4.78 is 0. The molecule has 0 N–H and O–H groups in total. The van der Waals surface area contributed by atoms with Crippen LogP contribution in [0.5, 0.6) is 0 Å². The number of hydrogen-bond acceptors (Lipinski definition) is 0. The highest BCUT2D eigenvalue weighted by atomic mass is 14.5. The molecule has 0 atom stereocenters. The molecule has 3 aromatic rings. The van der Waals surface area contributed by atoms with Gasteiger partial charge >= 0.3 is 0 Å². The summed E-state index contributed by atoms with van der Waals surface area (Å²) in [5, 5.41) is 0. The second kappa shape index (κ2) is 5.33. The first kappa shape index (κ1) is 16.1. The highest BCUT2D eigenvalue weighted by Gasteiger charge is 2.43. The fourth-order valence-electron chi connectivity index (χ4n) is 4.43. The van der Waals surface area contributed by atoms with Gasteiger partial charge in [0.25, 0.3) is 0 Å². The molecule has 0 saturated heterocycles. The lowest BCUT2D eigenvalue weighted by Crippen LogP contribution is -2.41. The van der Waals surface area contributed by atoms with Gasteiger partial charge < -0.3 is 0 Å². The summed E-state index contributed by atoms with van der Waals surface area (Å²) in [6.45, 7) is 11.8. The van der Waals surface area contributed by atoms with Crippen molar-refractivity contribution in [3.8, 4) is 22.3 Å². The van der Waals surface area contributed by atoms with Crippen LogP contribution in [0.2, 0.25) is 0 Å². The lowest BCUT2D eigenvalue weighted by Gasteiger charge is -2.46. The minimum absolute atomic E-state index is 0.0136. The van der Waals surface area contributed by atoms with Crippen molar-refractivity contribution in [2.24, 2.45) is 0 Å². The van der Waals surface area contributed by atoms with Crippen LogP contribution in [-0.4, -0.2) is 0 Å². The molecular formula is C25H26. The van der Waals surface area contributed by atoms with Crippen molar-refractivity contribution in [2.75, 3.05) is 0 Å². The van der Waals surface area contributed by atoms with Crippen molar-refractivity contribution >= 4 is 0 Å². The summed E-state index contributed by atoms with van der Waals surface area (Å²) in [5.74, 6) is 0.